The number of aliphatic hydroxyl groups excluding tert-OH is 1. The molecule has 1 aliphatic heterocycles. The van der Waals surface area contributed by atoms with Crippen LogP contribution in [0.1, 0.15) is 33.1 Å². The third-order valence-corrected chi connectivity index (χ3v) is 4.29. The van der Waals surface area contributed by atoms with Crippen molar-refractivity contribution in [3.8, 4) is 0 Å². The summed E-state index contributed by atoms with van der Waals surface area (Å²) in [4.78, 5) is 16.6. The zero-order valence-corrected chi connectivity index (χ0v) is 12.5. The molecule has 3 N–H and O–H groups in total. The number of amides is 1. The van der Waals surface area contributed by atoms with Crippen LogP contribution in [0.5, 0.6) is 0 Å². The highest BCUT2D eigenvalue weighted by atomic mass is 16.3. The molecule has 0 aromatic heterocycles. The fourth-order valence-corrected chi connectivity index (χ4v) is 2.58. The molecular weight excluding hydrogens is 242 g/mol. The smallest absolute Gasteiger partial charge is 0.240 e. The van der Waals surface area contributed by atoms with Crippen molar-refractivity contribution in [2.75, 3.05) is 33.3 Å². The third-order valence-electron chi connectivity index (χ3n) is 4.29. The third kappa shape index (κ3) is 4.44. The summed E-state index contributed by atoms with van der Waals surface area (Å²) in [5.74, 6) is 0.179. The molecule has 0 saturated carbocycles. The van der Waals surface area contributed by atoms with Crippen LogP contribution in [0.2, 0.25) is 0 Å². The van der Waals surface area contributed by atoms with Gasteiger partial charge in [-0.2, -0.15) is 0 Å². The first-order valence-corrected chi connectivity index (χ1v) is 7.36. The molecule has 1 saturated heterocycles. The average Bonchev–Trinajstić information content (AvgIpc) is 2.43. The minimum absolute atomic E-state index is 0.00190. The first kappa shape index (κ1) is 16.4. The number of hydrogen-bond donors (Lipinski definition) is 2. The van der Waals surface area contributed by atoms with Crippen LogP contribution in [0, 0.1) is 5.92 Å². The SMILES string of the molecule is CCC(C)[C@H](N)C(=O)N(CCO)C1CCN(C)CC1. The van der Waals surface area contributed by atoms with Crippen molar-refractivity contribution in [2.24, 2.45) is 11.7 Å². The topological polar surface area (TPSA) is 69.8 Å². The normalized spacial score (nSPS) is 21.1. The number of piperidine rings is 1. The predicted octanol–water partition coefficient (Wildman–Crippen LogP) is 0.275. The molecule has 1 aliphatic rings. The van der Waals surface area contributed by atoms with E-state index in [1.807, 2.05) is 18.7 Å². The van der Waals surface area contributed by atoms with Gasteiger partial charge in [0.1, 0.15) is 0 Å². The first-order valence-electron chi connectivity index (χ1n) is 7.36. The molecule has 1 rings (SSSR count). The average molecular weight is 271 g/mol. The van der Waals surface area contributed by atoms with Gasteiger partial charge < -0.3 is 20.6 Å². The molecule has 1 fully saturated rings. The second-order valence-electron chi connectivity index (χ2n) is 5.70. The van der Waals surface area contributed by atoms with Gasteiger partial charge in [-0.15, -0.1) is 0 Å². The highest BCUT2D eigenvalue weighted by Gasteiger charge is 2.31. The van der Waals surface area contributed by atoms with E-state index < -0.39 is 6.04 Å². The largest absolute Gasteiger partial charge is 0.395 e. The zero-order chi connectivity index (χ0) is 14.4. The Morgan fingerprint density at radius 3 is 2.53 bits per heavy atom. The molecule has 1 unspecified atom stereocenters. The molecule has 5 heteroatoms. The predicted molar refractivity (Wildman–Crippen MR) is 76.7 cm³/mol. The zero-order valence-electron chi connectivity index (χ0n) is 12.5. The van der Waals surface area contributed by atoms with Crippen molar-refractivity contribution in [1.29, 1.82) is 0 Å². The van der Waals surface area contributed by atoms with Crippen molar-refractivity contribution < 1.29 is 9.90 Å². The van der Waals surface area contributed by atoms with E-state index in [2.05, 4.69) is 11.9 Å². The van der Waals surface area contributed by atoms with Gasteiger partial charge in [-0.3, -0.25) is 4.79 Å². The molecule has 0 radical (unpaired) electrons. The van der Waals surface area contributed by atoms with Crippen LogP contribution in [-0.4, -0.2) is 66.2 Å². The highest BCUT2D eigenvalue weighted by molar-refractivity contribution is 5.82. The lowest BCUT2D eigenvalue weighted by atomic mass is 9.96. The van der Waals surface area contributed by atoms with Crippen molar-refractivity contribution in [2.45, 2.75) is 45.2 Å². The van der Waals surface area contributed by atoms with Gasteiger partial charge in [0.25, 0.3) is 0 Å². The van der Waals surface area contributed by atoms with E-state index in [0.29, 0.717) is 6.54 Å². The minimum Gasteiger partial charge on any atom is -0.395 e. The summed E-state index contributed by atoms with van der Waals surface area (Å²) in [7, 11) is 2.10. The fourth-order valence-electron chi connectivity index (χ4n) is 2.58. The molecule has 0 spiro atoms. The lowest BCUT2D eigenvalue weighted by Gasteiger charge is -2.38. The quantitative estimate of drug-likeness (QED) is 0.728. The second kappa shape index (κ2) is 7.82. The summed E-state index contributed by atoms with van der Waals surface area (Å²) in [6, 6.07) is -0.220. The van der Waals surface area contributed by atoms with Crippen molar-refractivity contribution in [3.63, 3.8) is 0 Å². The van der Waals surface area contributed by atoms with Crippen LogP contribution in [-0.2, 0) is 4.79 Å². The summed E-state index contributed by atoms with van der Waals surface area (Å²) >= 11 is 0. The van der Waals surface area contributed by atoms with E-state index >= 15 is 0 Å². The van der Waals surface area contributed by atoms with Crippen LogP contribution < -0.4 is 5.73 Å². The Balaban J connectivity index is 2.68. The van der Waals surface area contributed by atoms with Gasteiger partial charge >= 0.3 is 0 Å². The van der Waals surface area contributed by atoms with Crippen LogP contribution in [0.25, 0.3) is 0 Å². The van der Waals surface area contributed by atoms with E-state index in [-0.39, 0.29) is 24.5 Å². The maximum absolute atomic E-state index is 12.5. The number of aliphatic hydroxyl groups is 1. The summed E-state index contributed by atoms with van der Waals surface area (Å²) in [6.07, 6.45) is 2.83. The molecule has 112 valence electrons. The van der Waals surface area contributed by atoms with Crippen LogP contribution >= 0.6 is 0 Å². The van der Waals surface area contributed by atoms with Gasteiger partial charge in [0.15, 0.2) is 0 Å². The molecule has 2 atom stereocenters. The van der Waals surface area contributed by atoms with Crippen LogP contribution in [0.3, 0.4) is 0 Å². The van der Waals surface area contributed by atoms with E-state index in [1.54, 1.807) is 0 Å². The van der Waals surface area contributed by atoms with E-state index in [1.165, 1.54) is 0 Å². The number of likely N-dealkylation sites (tertiary alicyclic amines) is 1. The Morgan fingerprint density at radius 2 is 2.05 bits per heavy atom. The molecule has 19 heavy (non-hydrogen) atoms. The molecule has 0 aromatic rings. The highest BCUT2D eigenvalue weighted by Crippen LogP contribution is 2.18. The van der Waals surface area contributed by atoms with Crippen LogP contribution in [0.15, 0.2) is 0 Å². The molecule has 0 aliphatic carbocycles. The Labute approximate surface area is 116 Å². The van der Waals surface area contributed by atoms with Crippen molar-refractivity contribution >= 4 is 5.91 Å². The standard InChI is InChI=1S/C14H29N3O2/c1-4-11(2)13(15)14(19)17(9-10-18)12-5-7-16(3)8-6-12/h11-13,18H,4-10,15H2,1-3H3/t11?,13-/m0/s1. The Hall–Kier alpha value is -0.650. The first-order chi connectivity index (χ1) is 9.01. The number of carbonyl (C=O) groups is 1. The lowest BCUT2D eigenvalue weighted by Crippen LogP contribution is -2.54. The molecule has 1 amide bonds. The second-order valence-corrected chi connectivity index (χ2v) is 5.70. The minimum atomic E-state index is -0.448. The number of rotatable bonds is 6. The van der Waals surface area contributed by atoms with Gasteiger partial charge in [-0.1, -0.05) is 20.3 Å². The maximum Gasteiger partial charge on any atom is 0.240 e. The number of hydrogen-bond acceptors (Lipinski definition) is 4. The van der Waals surface area contributed by atoms with E-state index in [9.17, 15) is 9.90 Å². The van der Waals surface area contributed by atoms with Crippen molar-refractivity contribution in [1.82, 2.24) is 9.80 Å². The summed E-state index contributed by atoms with van der Waals surface area (Å²) in [6.45, 7) is 6.46. The van der Waals surface area contributed by atoms with Gasteiger partial charge in [0.2, 0.25) is 5.91 Å². The number of carbonyl (C=O) groups excluding carboxylic acids is 1. The Kier molecular flexibility index (Phi) is 6.75. The summed E-state index contributed by atoms with van der Waals surface area (Å²) < 4.78 is 0. The molecule has 5 nitrogen and oxygen atoms in total. The number of nitrogens with zero attached hydrogens (tertiary/aromatic N) is 2. The number of nitrogens with two attached hydrogens (primary N) is 1. The lowest BCUT2D eigenvalue weighted by molar-refractivity contribution is -0.137. The van der Waals surface area contributed by atoms with Gasteiger partial charge in [-0.25, -0.2) is 0 Å². The molecule has 1 heterocycles. The van der Waals surface area contributed by atoms with E-state index in [0.717, 1.165) is 32.4 Å². The van der Waals surface area contributed by atoms with E-state index in [4.69, 9.17) is 5.73 Å². The van der Waals surface area contributed by atoms with Gasteiger partial charge in [-0.05, 0) is 38.9 Å². The maximum atomic E-state index is 12.5. The van der Waals surface area contributed by atoms with Crippen molar-refractivity contribution in [3.05, 3.63) is 0 Å². The summed E-state index contributed by atoms with van der Waals surface area (Å²) in [5.41, 5.74) is 6.05. The molecule has 0 aromatic carbocycles. The summed E-state index contributed by atoms with van der Waals surface area (Å²) in [5, 5.41) is 9.20. The molecule has 0 bridgehead atoms. The fraction of sp³-hybridized carbons (Fsp3) is 0.929. The van der Waals surface area contributed by atoms with Crippen LogP contribution in [0.4, 0.5) is 0 Å². The molecular formula is C14H29N3O2. The monoisotopic (exact) mass is 271 g/mol. The Morgan fingerprint density at radius 1 is 1.47 bits per heavy atom. The van der Waals surface area contributed by atoms with Gasteiger partial charge in [0.05, 0.1) is 12.6 Å². The Bertz CT molecular complexity index is 278. The van der Waals surface area contributed by atoms with Gasteiger partial charge in [0, 0.05) is 12.6 Å².